The van der Waals surface area contributed by atoms with E-state index in [0.29, 0.717) is 5.70 Å². The standard InChI is InChI=1S/C21H23F2N3O/c1-7-9-17(10-8-2)14(3)21(25-24-6)16(5)27-26-15(4)19-13-18(22)11-12-20(19)23/h7-13H,1,5H2,2-4,6H3/b10-8-,17-9+,21-14+,25-24-,26-15+. The van der Waals surface area contributed by atoms with Crippen LogP contribution < -0.4 is 0 Å². The number of nitrogens with zero attached hydrogens (tertiary/aromatic N) is 3. The van der Waals surface area contributed by atoms with Crippen molar-refractivity contribution >= 4 is 5.71 Å². The predicted molar refractivity (Wildman–Crippen MR) is 105 cm³/mol. The fraction of sp³-hybridized carbons (Fsp3) is 0.190. The van der Waals surface area contributed by atoms with Gasteiger partial charge in [0.15, 0.2) is 5.76 Å². The normalized spacial score (nSPS) is 13.9. The summed E-state index contributed by atoms with van der Waals surface area (Å²) < 4.78 is 27.2. The Kier molecular flexibility index (Phi) is 8.72. The third-order valence-corrected chi connectivity index (χ3v) is 3.51. The molecule has 0 aliphatic heterocycles. The van der Waals surface area contributed by atoms with Gasteiger partial charge in [0.05, 0.1) is 5.71 Å². The van der Waals surface area contributed by atoms with E-state index in [-0.39, 0.29) is 17.0 Å². The van der Waals surface area contributed by atoms with Gasteiger partial charge < -0.3 is 4.84 Å². The molecule has 1 aromatic carbocycles. The van der Waals surface area contributed by atoms with Crippen LogP contribution in [0.3, 0.4) is 0 Å². The van der Waals surface area contributed by atoms with Gasteiger partial charge in [-0.2, -0.15) is 10.2 Å². The van der Waals surface area contributed by atoms with Crippen LogP contribution in [0.25, 0.3) is 0 Å². The summed E-state index contributed by atoms with van der Waals surface area (Å²) >= 11 is 0. The summed E-state index contributed by atoms with van der Waals surface area (Å²) in [6.45, 7) is 12.7. The van der Waals surface area contributed by atoms with Gasteiger partial charge in [-0.15, -0.1) is 0 Å². The van der Waals surface area contributed by atoms with Crippen molar-refractivity contribution in [1.29, 1.82) is 0 Å². The first kappa shape index (κ1) is 21.9. The van der Waals surface area contributed by atoms with Crippen molar-refractivity contribution < 1.29 is 13.6 Å². The second-order valence-corrected chi connectivity index (χ2v) is 5.45. The van der Waals surface area contributed by atoms with Gasteiger partial charge in [-0.3, -0.25) is 0 Å². The minimum Gasteiger partial charge on any atom is -0.355 e. The lowest BCUT2D eigenvalue weighted by Gasteiger charge is -2.10. The van der Waals surface area contributed by atoms with Gasteiger partial charge in [0.1, 0.15) is 17.3 Å². The first-order valence-corrected chi connectivity index (χ1v) is 8.18. The molecule has 0 fully saturated rings. The maximum atomic E-state index is 13.8. The fourth-order valence-corrected chi connectivity index (χ4v) is 2.18. The van der Waals surface area contributed by atoms with Crippen LogP contribution in [-0.4, -0.2) is 12.8 Å². The van der Waals surface area contributed by atoms with Gasteiger partial charge in [-0.05, 0) is 50.1 Å². The van der Waals surface area contributed by atoms with E-state index < -0.39 is 11.6 Å². The van der Waals surface area contributed by atoms with Gasteiger partial charge >= 0.3 is 0 Å². The molecule has 27 heavy (non-hydrogen) atoms. The molecular formula is C21H23F2N3O. The van der Waals surface area contributed by atoms with Crippen LogP contribution in [0.1, 0.15) is 26.3 Å². The summed E-state index contributed by atoms with van der Waals surface area (Å²) in [5.74, 6) is -1.05. The first-order valence-electron chi connectivity index (χ1n) is 8.18. The molecule has 0 saturated heterocycles. The van der Waals surface area contributed by atoms with Crippen molar-refractivity contribution in [1.82, 2.24) is 0 Å². The monoisotopic (exact) mass is 371 g/mol. The van der Waals surface area contributed by atoms with Crippen LogP contribution in [0.2, 0.25) is 0 Å². The number of hydrogen-bond acceptors (Lipinski definition) is 4. The Morgan fingerprint density at radius 3 is 2.52 bits per heavy atom. The van der Waals surface area contributed by atoms with Crippen molar-refractivity contribution in [3.05, 3.63) is 95.5 Å². The Hall–Kier alpha value is -3.15. The number of allylic oxidation sites excluding steroid dienone is 6. The Balaban J connectivity index is 3.22. The SMILES string of the molecule is C=C/C=C(\C=C/C)C(/C)=C(/N=N\C)C(=C)O/N=C(\C)c1cc(F)ccc1F. The molecular weight excluding hydrogens is 348 g/mol. The third kappa shape index (κ3) is 6.26. The number of benzene rings is 1. The summed E-state index contributed by atoms with van der Waals surface area (Å²) in [5, 5.41) is 11.7. The van der Waals surface area contributed by atoms with Crippen molar-refractivity contribution in [2.24, 2.45) is 15.4 Å². The Bertz CT molecular complexity index is 862. The largest absolute Gasteiger partial charge is 0.355 e. The van der Waals surface area contributed by atoms with E-state index in [1.165, 1.54) is 14.0 Å². The maximum Gasteiger partial charge on any atom is 0.178 e. The molecule has 0 aliphatic rings. The van der Waals surface area contributed by atoms with Gasteiger partial charge in [-0.1, -0.05) is 42.6 Å². The van der Waals surface area contributed by atoms with E-state index in [1.54, 1.807) is 6.08 Å². The molecule has 0 atom stereocenters. The highest BCUT2D eigenvalue weighted by molar-refractivity contribution is 5.98. The molecule has 1 aromatic rings. The van der Waals surface area contributed by atoms with Crippen LogP contribution >= 0.6 is 0 Å². The predicted octanol–water partition coefficient (Wildman–Crippen LogP) is 6.26. The molecule has 0 saturated carbocycles. The minimum atomic E-state index is -0.601. The fourth-order valence-electron chi connectivity index (χ4n) is 2.18. The van der Waals surface area contributed by atoms with E-state index in [2.05, 4.69) is 28.5 Å². The number of halogens is 2. The molecule has 0 spiro atoms. The summed E-state index contributed by atoms with van der Waals surface area (Å²) in [6, 6.07) is 3.11. The van der Waals surface area contributed by atoms with E-state index in [1.807, 2.05) is 32.1 Å². The van der Waals surface area contributed by atoms with Gasteiger partial charge in [0, 0.05) is 12.6 Å². The molecule has 0 amide bonds. The lowest BCUT2D eigenvalue weighted by Crippen LogP contribution is -2.02. The third-order valence-electron chi connectivity index (χ3n) is 3.51. The van der Waals surface area contributed by atoms with E-state index in [4.69, 9.17) is 4.84 Å². The van der Waals surface area contributed by atoms with Crippen LogP contribution in [0.5, 0.6) is 0 Å². The minimum absolute atomic E-state index is 0.00308. The summed E-state index contributed by atoms with van der Waals surface area (Å²) in [6.07, 6.45) is 7.22. The van der Waals surface area contributed by atoms with Crippen molar-refractivity contribution in [2.45, 2.75) is 20.8 Å². The molecule has 4 nitrogen and oxygen atoms in total. The van der Waals surface area contributed by atoms with E-state index in [0.717, 1.165) is 29.3 Å². The molecule has 142 valence electrons. The van der Waals surface area contributed by atoms with Gasteiger partial charge in [0.2, 0.25) is 0 Å². The molecule has 0 heterocycles. The molecule has 6 heteroatoms. The van der Waals surface area contributed by atoms with Crippen LogP contribution in [0, 0.1) is 11.6 Å². The zero-order valence-electron chi connectivity index (χ0n) is 16.0. The lowest BCUT2D eigenvalue weighted by atomic mass is 10.0. The van der Waals surface area contributed by atoms with Gasteiger partial charge in [-0.25, -0.2) is 8.78 Å². The summed E-state index contributed by atoms with van der Waals surface area (Å²) in [7, 11) is 1.52. The highest BCUT2D eigenvalue weighted by Gasteiger charge is 2.12. The van der Waals surface area contributed by atoms with Crippen molar-refractivity contribution in [3.8, 4) is 0 Å². The van der Waals surface area contributed by atoms with Crippen LogP contribution in [-0.2, 0) is 4.84 Å². The van der Waals surface area contributed by atoms with Crippen LogP contribution in [0.15, 0.2) is 93.6 Å². The lowest BCUT2D eigenvalue weighted by molar-refractivity contribution is 0.236. The number of rotatable bonds is 8. The number of oxime groups is 1. The zero-order chi connectivity index (χ0) is 20.4. The first-order chi connectivity index (χ1) is 12.8. The number of azo groups is 1. The molecule has 1 rings (SSSR count). The van der Waals surface area contributed by atoms with Crippen molar-refractivity contribution in [3.63, 3.8) is 0 Å². The zero-order valence-corrected chi connectivity index (χ0v) is 16.0. The Labute approximate surface area is 158 Å². The van der Waals surface area contributed by atoms with E-state index in [9.17, 15) is 8.78 Å². The molecule has 0 N–H and O–H groups in total. The summed E-state index contributed by atoms with van der Waals surface area (Å²) in [4.78, 5) is 5.31. The second kappa shape index (κ2) is 10.8. The topological polar surface area (TPSA) is 46.3 Å². The van der Waals surface area contributed by atoms with Gasteiger partial charge in [0.25, 0.3) is 0 Å². The molecule has 0 bridgehead atoms. The maximum absolute atomic E-state index is 13.8. The second-order valence-electron chi connectivity index (χ2n) is 5.45. The summed E-state index contributed by atoms with van der Waals surface area (Å²) in [5.41, 5.74) is 2.13. The average Bonchev–Trinajstić information content (AvgIpc) is 2.65. The molecule has 0 radical (unpaired) electrons. The number of hydrogen-bond donors (Lipinski definition) is 0. The Morgan fingerprint density at radius 2 is 1.93 bits per heavy atom. The Morgan fingerprint density at radius 1 is 1.22 bits per heavy atom. The quantitative estimate of drug-likeness (QED) is 0.175. The highest BCUT2D eigenvalue weighted by Crippen LogP contribution is 2.24. The van der Waals surface area contributed by atoms with Crippen molar-refractivity contribution in [2.75, 3.05) is 7.05 Å². The molecule has 0 unspecified atom stereocenters. The molecule has 0 aromatic heterocycles. The smallest absolute Gasteiger partial charge is 0.178 e. The average molecular weight is 371 g/mol. The van der Waals surface area contributed by atoms with Crippen LogP contribution in [0.4, 0.5) is 8.78 Å². The van der Waals surface area contributed by atoms with E-state index >= 15 is 0 Å². The molecule has 0 aliphatic carbocycles. The highest BCUT2D eigenvalue weighted by atomic mass is 19.1.